The molecule has 2 aromatic carbocycles. The maximum absolute atomic E-state index is 9.00. The van der Waals surface area contributed by atoms with Crippen molar-refractivity contribution in [1.29, 1.82) is 0 Å². The molecule has 6 N–H and O–H groups in total. The van der Waals surface area contributed by atoms with Gasteiger partial charge in [0, 0.05) is 26.2 Å². The molecule has 0 bridgehead atoms. The summed E-state index contributed by atoms with van der Waals surface area (Å²) >= 11 is 0. The van der Waals surface area contributed by atoms with Gasteiger partial charge in [-0.05, 0) is 11.1 Å². The number of aliphatic hydroxyl groups is 2. The number of aliphatic hydroxyl groups excluding tert-OH is 2. The smallest absolute Gasteiger partial charge is 0.243 e. The molecule has 0 aliphatic heterocycles. The van der Waals surface area contributed by atoms with Crippen molar-refractivity contribution in [3.05, 3.63) is 71.8 Å². The van der Waals surface area contributed by atoms with Crippen LogP contribution in [-0.2, 0) is 13.1 Å². The van der Waals surface area contributed by atoms with Crippen LogP contribution in [-0.4, -0.2) is 51.5 Å². The van der Waals surface area contributed by atoms with Gasteiger partial charge in [0.15, 0.2) is 0 Å². The first-order valence-electron chi connectivity index (χ1n) is 10.1. The Kier molecular flexibility index (Phi) is 8.95. The van der Waals surface area contributed by atoms with Crippen LogP contribution in [0.1, 0.15) is 11.1 Å². The van der Waals surface area contributed by atoms with Gasteiger partial charge in [0.1, 0.15) is 0 Å². The molecule has 3 aromatic rings. The number of hydrazine groups is 2. The fraction of sp³-hybridized carbons (Fsp3) is 0.286. The molecular weight excluding hydrogens is 396 g/mol. The van der Waals surface area contributed by atoms with E-state index in [-0.39, 0.29) is 13.2 Å². The molecule has 164 valence electrons. The summed E-state index contributed by atoms with van der Waals surface area (Å²) in [6.45, 7) is 1.83. The van der Waals surface area contributed by atoms with Gasteiger partial charge in [-0.1, -0.05) is 60.7 Å². The van der Waals surface area contributed by atoms with E-state index in [0.29, 0.717) is 44.0 Å². The third-order valence-electron chi connectivity index (χ3n) is 4.21. The zero-order valence-corrected chi connectivity index (χ0v) is 17.2. The number of benzene rings is 2. The quantitative estimate of drug-likeness (QED) is 0.174. The Morgan fingerprint density at radius 2 is 1.10 bits per heavy atom. The van der Waals surface area contributed by atoms with Gasteiger partial charge in [-0.2, -0.15) is 15.0 Å². The van der Waals surface area contributed by atoms with Crippen molar-refractivity contribution in [1.82, 2.24) is 25.8 Å². The summed E-state index contributed by atoms with van der Waals surface area (Å²) in [5, 5.41) is 18.0. The molecule has 0 atom stereocenters. The van der Waals surface area contributed by atoms with Crippen LogP contribution in [0.5, 0.6) is 0 Å². The van der Waals surface area contributed by atoms with Crippen molar-refractivity contribution in [3.8, 4) is 0 Å². The van der Waals surface area contributed by atoms with E-state index in [1.54, 1.807) is 0 Å². The summed E-state index contributed by atoms with van der Waals surface area (Å²) in [6.07, 6.45) is 0. The summed E-state index contributed by atoms with van der Waals surface area (Å²) in [7, 11) is 0. The highest BCUT2D eigenvalue weighted by Crippen LogP contribution is 2.19. The number of rotatable bonds is 13. The van der Waals surface area contributed by atoms with E-state index in [0.717, 1.165) is 11.1 Å². The van der Waals surface area contributed by atoms with E-state index in [1.165, 1.54) is 0 Å². The maximum Gasteiger partial charge on any atom is 0.243 e. The summed E-state index contributed by atoms with van der Waals surface area (Å²) in [6, 6.07) is 20.2. The first-order valence-corrected chi connectivity index (χ1v) is 10.1. The van der Waals surface area contributed by atoms with Crippen LogP contribution in [0.15, 0.2) is 60.7 Å². The lowest BCUT2D eigenvalue weighted by atomic mass is 10.2. The highest BCUT2D eigenvalue weighted by molar-refractivity contribution is 5.44. The minimum atomic E-state index is -0.0256. The molecule has 10 heteroatoms. The Balaban J connectivity index is 1.89. The van der Waals surface area contributed by atoms with Crippen LogP contribution < -0.4 is 26.6 Å². The molecule has 0 amide bonds. The van der Waals surface area contributed by atoms with E-state index in [2.05, 4.69) is 65.8 Å². The Labute approximate surface area is 181 Å². The van der Waals surface area contributed by atoms with E-state index >= 15 is 0 Å². The molecule has 0 saturated carbocycles. The minimum Gasteiger partial charge on any atom is -0.395 e. The van der Waals surface area contributed by atoms with Crippen molar-refractivity contribution >= 4 is 17.8 Å². The van der Waals surface area contributed by atoms with Gasteiger partial charge < -0.3 is 15.1 Å². The second-order valence-electron chi connectivity index (χ2n) is 6.66. The minimum absolute atomic E-state index is 0.0256. The van der Waals surface area contributed by atoms with Gasteiger partial charge in [-0.15, -0.1) is 0 Å². The highest BCUT2D eigenvalue weighted by atomic mass is 16.3. The summed E-state index contributed by atoms with van der Waals surface area (Å²) in [5.41, 5.74) is 13.7. The van der Waals surface area contributed by atoms with Gasteiger partial charge in [-0.3, -0.25) is 10.9 Å². The van der Waals surface area contributed by atoms with Crippen molar-refractivity contribution in [3.63, 3.8) is 0 Å². The number of hydrogen-bond acceptors (Lipinski definition) is 10. The Bertz CT molecular complexity index is 829. The first kappa shape index (κ1) is 22.4. The predicted octanol–water partition coefficient (Wildman–Crippen LogP) is 0.896. The van der Waals surface area contributed by atoms with Gasteiger partial charge in [0.05, 0.1) is 13.2 Å². The second-order valence-corrected chi connectivity index (χ2v) is 6.66. The van der Waals surface area contributed by atoms with Crippen molar-refractivity contribution in [2.75, 3.05) is 42.1 Å². The van der Waals surface area contributed by atoms with Crippen LogP contribution in [0.3, 0.4) is 0 Å². The lowest BCUT2D eigenvalue weighted by molar-refractivity contribution is 0.296. The van der Waals surface area contributed by atoms with Crippen molar-refractivity contribution in [2.24, 2.45) is 0 Å². The summed E-state index contributed by atoms with van der Waals surface area (Å²) < 4.78 is 0. The van der Waals surface area contributed by atoms with Gasteiger partial charge in [0.25, 0.3) is 0 Å². The number of aromatic nitrogens is 3. The molecule has 0 aliphatic rings. The molecule has 0 unspecified atom stereocenters. The molecular formula is C21H28N8O2. The second kappa shape index (κ2) is 12.4. The Morgan fingerprint density at radius 3 is 1.52 bits per heavy atom. The summed E-state index contributed by atoms with van der Waals surface area (Å²) in [4.78, 5) is 15.5. The third kappa shape index (κ3) is 7.46. The lowest BCUT2D eigenvalue weighted by Crippen LogP contribution is -2.31. The zero-order valence-electron chi connectivity index (χ0n) is 17.2. The Morgan fingerprint density at radius 1 is 0.645 bits per heavy atom. The van der Waals surface area contributed by atoms with Crippen molar-refractivity contribution in [2.45, 2.75) is 13.1 Å². The average molecular weight is 425 g/mol. The topological polar surface area (TPSA) is 130 Å². The molecule has 0 saturated heterocycles. The number of anilines is 3. The fourth-order valence-corrected chi connectivity index (χ4v) is 2.82. The molecule has 1 aromatic heterocycles. The SMILES string of the molecule is OCCNNc1nc(NNCCO)nc(N(Cc2ccccc2)Cc2ccccc2)n1. The van der Waals surface area contributed by atoms with Gasteiger partial charge in [0.2, 0.25) is 17.8 Å². The van der Waals surface area contributed by atoms with E-state index in [1.807, 2.05) is 36.4 Å². The molecule has 0 aliphatic carbocycles. The molecule has 1 heterocycles. The normalized spacial score (nSPS) is 10.6. The van der Waals surface area contributed by atoms with Gasteiger partial charge >= 0.3 is 0 Å². The summed E-state index contributed by atoms with van der Waals surface area (Å²) in [5.74, 6) is 1.08. The van der Waals surface area contributed by atoms with Crippen molar-refractivity contribution < 1.29 is 10.2 Å². The van der Waals surface area contributed by atoms with E-state index < -0.39 is 0 Å². The predicted molar refractivity (Wildman–Crippen MR) is 120 cm³/mol. The lowest BCUT2D eigenvalue weighted by Gasteiger charge is -2.24. The number of nitrogens with zero attached hydrogens (tertiary/aromatic N) is 4. The molecule has 0 fully saturated rings. The molecule has 31 heavy (non-hydrogen) atoms. The largest absolute Gasteiger partial charge is 0.395 e. The van der Waals surface area contributed by atoms with Crippen LogP contribution >= 0.6 is 0 Å². The fourth-order valence-electron chi connectivity index (χ4n) is 2.82. The average Bonchev–Trinajstić information content (AvgIpc) is 2.80. The van der Waals surface area contributed by atoms with Crippen LogP contribution in [0.4, 0.5) is 17.8 Å². The Hall–Kier alpha value is -3.31. The standard InChI is InChI=1S/C21H28N8O2/c30-13-11-22-27-19-24-20(28-23-12-14-31)26-21(25-19)29(15-17-7-3-1-4-8-17)16-18-9-5-2-6-10-18/h1-10,22-23,30-31H,11-16H2,(H2,24,25,26,27,28). The maximum atomic E-state index is 9.00. The molecule has 10 nitrogen and oxygen atoms in total. The first-order chi connectivity index (χ1) is 15.3. The number of nitrogens with one attached hydrogen (secondary N) is 4. The van der Waals surface area contributed by atoms with E-state index in [4.69, 9.17) is 10.2 Å². The zero-order chi connectivity index (χ0) is 21.7. The van der Waals surface area contributed by atoms with Crippen LogP contribution in [0, 0.1) is 0 Å². The molecule has 0 radical (unpaired) electrons. The third-order valence-corrected chi connectivity index (χ3v) is 4.21. The highest BCUT2D eigenvalue weighted by Gasteiger charge is 2.15. The monoisotopic (exact) mass is 424 g/mol. The van der Waals surface area contributed by atoms with Crippen LogP contribution in [0.2, 0.25) is 0 Å². The van der Waals surface area contributed by atoms with Gasteiger partial charge in [-0.25, -0.2) is 10.9 Å². The number of hydrogen-bond donors (Lipinski definition) is 6. The molecule has 3 rings (SSSR count). The van der Waals surface area contributed by atoms with Crippen LogP contribution in [0.25, 0.3) is 0 Å². The van der Waals surface area contributed by atoms with E-state index in [9.17, 15) is 0 Å². The molecule has 0 spiro atoms.